The number of fused-ring (bicyclic) bond motifs is 1. The Morgan fingerprint density at radius 1 is 1.57 bits per heavy atom. The van der Waals surface area contributed by atoms with E-state index in [1.807, 2.05) is 6.07 Å². The highest BCUT2D eigenvalue weighted by Crippen LogP contribution is 2.29. The van der Waals surface area contributed by atoms with Crippen molar-refractivity contribution in [3.63, 3.8) is 0 Å². The van der Waals surface area contributed by atoms with Crippen molar-refractivity contribution in [3.05, 3.63) is 23.8 Å². The summed E-state index contributed by atoms with van der Waals surface area (Å²) < 4.78 is 4.97. The molecule has 0 bridgehead atoms. The summed E-state index contributed by atoms with van der Waals surface area (Å²) in [6, 6.07) is 7.01. The molecule has 0 saturated carbocycles. The Balaban J connectivity index is 2.41. The molecule has 0 fully saturated rings. The molecule has 1 atom stereocenters. The quantitative estimate of drug-likeness (QED) is 0.372. The van der Waals surface area contributed by atoms with Gasteiger partial charge in [0.15, 0.2) is 0 Å². The van der Waals surface area contributed by atoms with Crippen LogP contribution < -0.4 is 10.5 Å². The summed E-state index contributed by atoms with van der Waals surface area (Å²) in [7, 11) is 0. The smallest absolute Gasteiger partial charge is 0.329 e. The third-order valence-electron chi connectivity index (χ3n) is 2.17. The van der Waals surface area contributed by atoms with Gasteiger partial charge in [-0.3, -0.25) is 4.79 Å². The average molecular weight is 188 g/mol. The monoisotopic (exact) mass is 188 g/mol. The van der Waals surface area contributed by atoms with E-state index in [4.69, 9.17) is 15.7 Å². The Hall–Kier alpha value is -2.02. The second kappa shape index (κ2) is 3.04. The van der Waals surface area contributed by atoms with Crippen LogP contribution >= 0.6 is 0 Å². The van der Waals surface area contributed by atoms with Crippen LogP contribution in [0.1, 0.15) is 5.56 Å². The van der Waals surface area contributed by atoms with Gasteiger partial charge < -0.3 is 10.5 Å². The van der Waals surface area contributed by atoms with Gasteiger partial charge in [0.05, 0.1) is 6.07 Å². The number of nitrogen functional groups attached to an aromatic ring is 1. The fraction of sp³-hybridized carbons (Fsp3) is 0.200. The van der Waals surface area contributed by atoms with Crippen LogP contribution in [0, 0.1) is 17.2 Å². The number of nitrogens with zero attached hydrogens (tertiary/aromatic N) is 1. The Bertz CT molecular complexity index is 434. The lowest BCUT2D eigenvalue weighted by atomic mass is 9.97. The fourth-order valence-corrected chi connectivity index (χ4v) is 1.42. The van der Waals surface area contributed by atoms with Crippen molar-refractivity contribution in [1.82, 2.24) is 0 Å². The number of rotatable bonds is 0. The first-order chi connectivity index (χ1) is 6.70. The minimum absolute atomic E-state index is 0.408. The second-order valence-electron chi connectivity index (χ2n) is 3.17. The number of benzene rings is 1. The zero-order valence-corrected chi connectivity index (χ0v) is 7.36. The van der Waals surface area contributed by atoms with Crippen molar-refractivity contribution in [2.75, 3.05) is 5.73 Å². The van der Waals surface area contributed by atoms with E-state index in [9.17, 15) is 4.79 Å². The summed E-state index contributed by atoms with van der Waals surface area (Å²) in [6.45, 7) is 0. The normalized spacial score (nSPS) is 19.4. The van der Waals surface area contributed by atoms with Crippen molar-refractivity contribution >= 4 is 11.7 Å². The van der Waals surface area contributed by atoms with Crippen LogP contribution in [-0.4, -0.2) is 5.97 Å². The van der Waals surface area contributed by atoms with Crippen molar-refractivity contribution in [2.24, 2.45) is 5.92 Å². The SMILES string of the molecule is N#CC1Cc2ccc(N)cc2OC1=O. The van der Waals surface area contributed by atoms with Gasteiger partial charge in [-0.2, -0.15) is 5.26 Å². The van der Waals surface area contributed by atoms with Crippen LogP contribution in [0.25, 0.3) is 0 Å². The lowest BCUT2D eigenvalue weighted by molar-refractivity contribution is -0.138. The molecule has 4 nitrogen and oxygen atoms in total. The average Bonchev–Trinajstić information content (AvgIpc) is 2.16. The van der Waals surface area contributed by atoms with Gasteiger partial charge in [0.25, 0.3) is 0 Å². The summed E-state index contributed by atoms with van der Waals surface area (Å²) in [5.41, 5.74) is 6.94. The first-order valence-electron chi connectivity index (χ1n) is 4.20. The van der Waals surface area contributed by atoms with E-state index < -0.39 is 11.9 Å². The van der Waals surface area contributed by atoms with E-state index >= 15 is 0 Å². The number of nitriles is 1. The molecule has 0 aromatic heterocycles. The van der Waals surface area contributed by atoms with Crippen molar-refractivity contribution in [1.29, 1.82) is 5.26 Å². The van der Waals surface area contributed by atoms with Crippen LogP contribution in [0.5, 0.6) is 5.75 Å². The molecule has 1 aliphatic rings. The van der Waals surface area contributed by atoms with Crippen molar-refractivity contribution < 1.29 is 9.53 Å². The first-order valence-corrected chi connectivity index (χ1v) is 4.20. The zero-order chi connectivity index (χ0) is 10.1. The summed E-state index contributed by atoms with van der Waals surface area (Å²) in [5, 5.41) is 8.67. The molecule has 2 N–H and O–H groups in total. The molecule has 0 aliphatic carbocycles. The zero-order valence-electron chi connectivity index (χ0n) is 7.36. The fourth-order valence-electron chi connectivity index (χ4n) is 1.42. The molecule has 0 amide bonds. The van der Waals surface area contributed by atoms with Gasteiger partial charge in [0.2, 0.25) is 0 Å². The molecule has 1 aromatic carbocycles. The molecule has 14 heavy (non-hydrogen) atoms. The van der Waals surface area contributed by atoms with Crippen LogP contribution in [0.3, 0.4) is 0 Å². The maximum absolute atomic E-state index is 11.2. The Labute approximate surface area is 80.9 Å². The third kappa shape index (κ3) is 1.29. The van der Waals surface area contributed by atoms with E-state index in [1.165, 1.54) is 0 Å². The minimum Gasteiger partial charge on any atom is -0.425 e. The number of hydrogen-bond acceptors (Lipinski definition) is 4. The maximum Gasteiger partial charge on any atom is 0.329 e. The van der Waals surface area contributed by atoms with Crippen LogP contribution in [0.15, 0.2) is 18.2 Å². The number of anilines is 1. The summed E-state index contributed by atoms with van der Waals surface area (Å²) in [6.07, 6.45) is 0.408. The molecule has 4 heteroatoms. The van der Waals surface area contributed by atoms with Crippen molar-refractivity contribution in [2.45, 2.75) is 6.42 Å². The molecule has 1 aromatic rings. The van der Waals surface area contributed by atoms with Gasteiger partial charge in [0.1, 0.15) is 11.7 Å². The van der Waals surface area contributed by atoms with Crippen LogP contribution in [0.4, 0.5) is 5.69 Å². The van der Waals surface area contributed by atoms with Crippen LogP contribution in [0.2, 0.25) is 0 Å². The molecular weight excluding hydrogens is 180 g/mol. The second-order valence-corrected chi connectivity index (χ2v) is 3.17. The molecule has 2 rings (SSSR count). The summed E-state index contributed by atoms with van der Waals surface area (Å²) in [4.78, 5) is 11.2. The number of esters is 1. The molecule has 0 spiro atoms. The van der Waals surface area contributed by atoms with Gasteiger partial charge in [0, 0.05) is 18.2 Å². The third-order valence-corrected chi connectivity index (χ3v) is 2.17. The van der Waals surface area contributed by atoms with Gasteiger partial charge >= 0.3 is 5.97 Å². The van der Waals surface area contributed by atoms with E-state index in [0.29, 0.717) is 17.9 Å². The largest absolute Gasteiger partial charge is 0.425 e. The number of carbonyl (C=O) groups excluding carboxylic acids is 1. The van der Waals surface area contributed by atoms with E-state index in [-0.39, 0.29) is 0 Å². The minimum atomic E-state index is -0.689. The molecular formula is C10H8N2O2. The molecule has 0 radical (unpaired) electrons. The van der Waals surface area contributed by atoms with Gasteiger partial charge in [-0.1, -0.05) is 6.07 Å². The highest BCUT2D eigenvalue weighted by molar-refractivity contribution is 5.80. The molecule has 1 aliphatic heterocycles. The van der Waals surface area contributed by atoms with Gasteiger partial charge in [-0.15, -0.1) is 0 Å². The first kappa shape index (κ1) is 8.57. The lowest BCUT2D eigenvalue weighted by Gasteiger charge is -2.18. The Kier molecular flexibility index (Phi) is 1.86. The summed E-state index contributed by atoms with van der Waals surface area (Å²) >= 11 is 0. The van der Waals surface area contributed by atoms with Crippen molar-refractivity contribution in [3.8, 4) is 11.8 Å². The topological polar surface area (TPSA) is 76.1 Å². The van der Waals surface area contributed by atoms with E-state index in [1.54, 1.807) is 18.2 Å². The molecule has 1 unspecified atom stereocenters. The standard InChI is InChI=1S/C10H8N2O2/c11-5-7-3-6-1-2-8(12)4-9(6)14-10(7)13/h1-2,4,7H,3,12H2. The predicted molar refractivity (Wildman–Crippen MR) is 49.3 cm³/mol. The number of ether oxygens (including phenoxy) is 1. The van der Waals surface area contributed by atoms with Crippen LogP contribution in [-0.2, 0) is 11.2 Å². The predicted octanol–water partition coefficient (Wildman–Crippen LogP) is 0.870. The maximum atomic E-state index is 11.2. The van der Waals surface area contributed by atoms with Gasteiger partial charge in [-0.05, 0) is 11.6 Å². The highest BCUT2D eigenvalue weighted by atomic mass is 16.5. The molecule has 0 saturated heterocycles. The molecule has 70 valence electrons. The highest BCUT2D eigenvalue weighted by Gasteiger charge is 2.28. The Morgan fingerprint density at radius 3 is 3.07 bits per heavy atom. The molecule has 1 heterocycles. The summed E-state index contributed by atoms with van der Waals surface area (Å²) in [5.74, 6) is -0.710. The number of nitrogens with two attached hydrogens (primary N) is 1. The number of hydrogen-bond donors (Lipinski definition) is 1. The van der Waals surface area contributed by atoms with Gasteiger partial charge in [-0.25, -0.2) is 0 Å². The lowest BCUT2D eigenvalue weighted by Crippen LogP contribution is -2.26. The number of carbonyl (C=O) groups is 1. The van der Waals surface area contributed by atoms with E-state index in [0.717, 1.165) is 5.56 Å². The Morgan fingerprint density at radius 2 is 2.36 bits per heavy atom. The van der Waals surface area contributed by atoms with E-state index in [2.05, 4.69) is 0 Å².